The first-order valence-corrected chi connectivity index (χ1v) is 5.37. The Balaban J connectivity index is 1.85. The number of carbonyl (C=O) groups excluding carboxylic acids is 1. The third kappa shape index (κ3) is 2.90. The van der Waals surface area contributed by atoms with Gasteiger partial charge in [-0.15, -0.1) is 10.2 Å². The van der Waals surface area contributed by atoms with Crippen LogP contribution in [0.15, 0.2) is 12.1 Å². The summed E-state index contributed by atoms with van der Waals surface area (Å²) in [6.45, 7) is 1.76. The van der Waals surface area contributed by atoms with E-state index in [1.807, 2.05) is 0 Å². The second kappa shape index (κ2) is 5.23. The smallest absolute Gasteiger partial charge is 0.358 e. The van der Waals surface area contributed by atoms with E-state index < -0.39 is 5.97 Å². The molecule has 1 unspecified atom stereocenters. The minimum Gasteiger partial charge on any atom is -0.461 e. The lowest BCUT2D eigenvalue weighted by molar-refractivity contribution is 0.0420. The number of esters is 1. The lowest BCUT2D eigenvalue weighted by Gasteiger charge is -2.07. The van der Waals surface area contributed by atoms with Crippen LogP contribution >= 0.6 is 11.6 Å². The average Bonchev–Trinajstić information content (AvgIpc) is 2.80. The highest BCUT2D eigenvalue weighted by Crippen LogP contribution is 2.13. The Morgan fingerprint density at radius 2 is 2.44 bits per heavy atom. The van der Waals surface area contributed by atoms with Gasteiger partial charge in [-0.25, -0.2) is 4.79 Å². The van der Waals surface area contributed by atoms with Crippen LogP contribution in [-0.4, -0.2) is 36.0 Å². The number of hydrogen-bond acceptors (Lipinski definition) is 5. The van der Waals surface area contributed by atoms with Crippen LogP contribution < -0.4 is 0 Å². The lowest BCUT2D eigenvalue weighted by atomic mass is 10.1. The molecule has 2 heterocycles. The van der Waals surface area contributed by atoms with Crippen molar-refractivity contribution < 1.29 is 14.3 Å². The summed E-state index contributed by atoms with van der Waals surface area (Å²) in [6, 6.07) is 2.99. The van der Waals surface area contributed by atoms with E-state index in [1.165, 1.54) is 12.1 Å². The molecule has 2 rings (SSSR count). The molecule has 1 saturated heterocycles. The van der Waals surface area contributed by atoms with Crippen molar-refractivity contribution in [1.29, 1.82) is 0 Å². The molecular weight excluding hydrogens is 232 g/mol. The molecule has 5 nitrogen and oxygen atoms in total. The van der Waals surface area contributed by atoms with Crippen molar-refractivity contribution >= 4 is 17.6 Å². The van der Waals surface area contributed by atoms with Crippen LogP contribution in [0.4, 0.5) is 0 Å². The number of ether oxygens (including phenoxy) is 2. The number of rotatable bonds is 3. The summed E-state index contributed by atoms with van der Waals surface area (Å²) in [6.07, 6.45) is 0.930. The molecule has 0 bridgehead atoms. The molecule has 1 aliphatic rings. The van der Waals surface area contributed by atoms with Crippen molar-refractivity contribution in [3.05, 3.63) is 23.0 Å². The summed E-state index contributed by atoms with van der Waals surface area (Å²) in [4.78, 5) is 11.5. The topological polar surface area (TPSA) is 61.3 Å². The zero-order chi connectivity index (χ0) is 11.4. The standard InChI is InChI=1S/C10H11ClN2O3/c11-9-2-1-8(12-13-9)10(14)16-6-7-3-4-15-5-7/h1-2,7H,3-6H2. The second-order valence-electron chi connectivity index (χ2n) is 3.57. The van der Waals surface area contributed by atoms with E-state index in [0.717, 1.165) is 13.0 Å². The molecule has 0 N–H and O–H groups in total. The first kappa shape index (κ1) is 11.3. The van der Waals surface area contributed by atoms with Gasteiger partial charge in [0.05, 0.1) is 13.2 Å². The Labute approximate surface area is 97.7 Å². The molecule has 6 heteroatoms. The maximum absolute atomic E-state index is 11.5. The molecular formula is C10H11ClN2O3. The van der Waals surface area contributed by atoms with Crippen LogP contribution in [0.5, 0.6) is 0 Å². The molecule has 1 aliphatic heterocycles. The van der Waals surface area contributed by atoms with Crippen LogP contribution in [0.3, 0.4) is 0 Å². The summed E-state index contributed by atoms with van der Waals surface area (Å²) in [5.41, 5.74) is 0.170. The quantitative estimate of drug-likeness (QED) is 0.749. The van der Waals surface area contributed by atoms with E-state index in [2.05, 4.69) is 10.2 Å². The zero-order valence-corrected chi connectivity index (χ0v) is 9.31. The van der Waals surface area contributed by atoms with Gasteiger partial charge in [0, 0.05) is 12.5 Å². The van der Waals surface area contributed by atoms with Crippen LogP contribution in [0.25, 0.3) is 0 Å². The summed E-state index contributed by atoms with van der Waals surface area (Å²) < 4.78 is 10.3. The molecule has 86 valence electrons. The Hall–Kier alpha value is -1.20. The minimum absolute atomic E-state index is 0.170. The molecule has 0 aliphatic carbocycles. The Morgan fingerprint density at radius 3 is 3.06 bits per heavy atom. The zero-order valence-electron chi connectivity index (χ0n) is 8.56. The van der Waals surface area contributed by atoms with Crippen LogP contribution in [0, 0.1) is 5.92 Å². The fourth-order valence-electron chi connectivity index (χ4n) is 1.41. The second-order valence-corrected chi connectivity index (χ2v) is 3.96. The summed E-state index contributed by atoms with van der Waals surface area (Å²) in [5.74, 6) is -0.180. The van der Waals surface area contributed by atoms with Crippen molar-refractivity contribution in [1.82, 2.24) is 10.2 Å². The molecule has 0 spiro atoms. The molecule has 1 fully saturated rings. The maximum Gasteiger partial charge on any atom is 0.358 e. The normalized spacial score (nSPS) is 19.7. The van der Waals surface area contributed by atoms with Crippen molar-refractivity contribution in [3.63, 3.8) is 0 Å². The fourth-order valence-corrected chi connectivity index (χ4v) is 1.51. The average molecular weight is 243 g/mol. The Morgan fingerprint density at radius 1 is 1.56 bits per heavy atom. The Kier molecular flexibility index (Phi) is 3.69. The molecule has 0 radical (unpaired) electrons. The van der Waals surface area contributed by atoms with Crippen LogP contribution in [0.2, 0.25) is 5.15 Å². The molecule has 16 heavy (non-hydrogen) atoms. The summed E-state index contributed by atoms with van der Waals surface area (Å²) in [7, 11) is 0. The van der Waals surface area contributed by atoms with Crippen molar-refractivity contribution in [2.45, 2.75) is 6.42 Å². The van der Waals surface area contributed by atoms with Gasteiger partial charge >= 0.3 is 5.97 Å². The minimum atomic E-state index is -0.476. The highest BCUT2D eigenvalue weighted by Gasteiger charge is 2.18. The fraction of sp³-hybridized carbons (Fsp3) is 0.500. The van der Waals surface area contributed by atoms with Crippen molar-refractivity contribution in [3.8, 4) is 0 Å². The monoisotopic (exact) mass is 242 g/mol. The third-order valence-electron chi connectivity index (χ3n) is 2.32. The predicted octanol–water partition coefficient (Wildman–Crippen LogP) is 1.32. The highest BCUT2D eigenvalue weighted by atomic mass is 35.5. The van der Waals surface area contributed by atoms with Gasteiger partial charge in [0.25, 0.3) is 0 Å². The maximum atomic E-state index is 11.5. The third-order valence-corrected chi connectivity index (χ3v) is 2.52. The van der Waals surface area contributed by atoms with E-state index in [1.54, 1.807) is 0 Å². The SMILES string of the molecule is O=C(OCC1CCOC1)c1ccc(Cl)nn1. The van der Waals surface area contributed by atoms with Gasteiger partial charge in [-0.1, -0.05) is 11.6 Å². The summed E-state index contributed by atoms with van der Waals surface area (Å²) >= 11 is 5.55. The number of halogens is 1. The lowest BCUT2D eigenvalue weighted by Crippen LogP contribution is -2.15. The van der Waals surface area contributed by atoms with Crippen molar-refractivity contribution in [2.24, 2.45) is 5.92 Å². The number of hydrogen-bond donors (Lipinski definition) is 0. The number of carbonyl (C=O) groups is 1. The van der Waals surface area contributed by atoms with E-state index in [4.69, 9.17) is 21.1 Å². The van der Waals surface area contributed by atoms with Gasteiger partial charge in [-0.3, -0.25) is 0 Å². The highest BCUT2D eigenvalue weighted by molar-refractivity contribution is 6.29. The molecule has 1 aromatic heterocycles. The summed E-state index contributed by atoms with van der Waals surface area (Å²) in [5, 5.41) is 7.46. The number of nitrogens with zero attached hydrogens (tertiary/aromatic N) is 2. The molecule has 0 amide bonds. The van der Waals surface area contributed by atoms with Gasteiger partial charge in [0.2, 0.25) is 0 Å². The molecule has 1 atom stereocenters. The van der Waals surface area contributed by atoms with Gasteiger partial charge in [-0.2, -0.15) is 0 Å². The van der Waals surface area contributed by atoms with E-state index in [9.17, 15) is 4.79 Å². The van der Waals surface area contributed by atoms with E-state index in [-0.39, 0.29) is 10.8 Å². The first-order valence-electron chi connectivity index (χ1n) is 5.00. The number of aromatic nitrogens is 2. The van der Waals surface area contributed by atoms with Crippen LogP contribution in [-0.2, 0) is 9.47 Å². The van der Waals surface area contributed by atoms with Gasteiger partial charge < -0.3 is 9.47 Å². The van der Waals surface area contributed by atoms with Gasteiger partial charge in [-0.05, 0) is 18.6 Å². The predicted molar refractivity (Wildman–Crippen MR) is 56.3 cm³/mol. The molecule has 1 aromatic rings. The van der Waals surface area contributed by atoms with Gasteiger partial charge in [0.15, 0.2) is 10.8 Å². The van der Waals surface area contributed by atoms with Gasteiger partial charge in [0.1, 0.15) is 0 Å². The molecule has 0 saturated carbocycles. The van der Waals surface area contributed by atoms with Crippen molar-refractivity contribution in [2.75, 3.05) is 19.8 Å². The van der Waals surface area contributed by atoms with Crippen LogP contribution in [0.1, 0.15) is 16.9 Å². The first-order chi connectivity index (χ1) is 7.75. The largest absolute Gasteiger partial charge is 0.461 e. The Bertz CT molecular complexity index is 363. The molecule has 0 aromatic carbocycles. The van der Waals surface area contributed by atoms with E-state index >= 15 is 0 Å². The van der Waals surface area contributed by atoms with E-state index in [0.29, 0.717) is 19.1 Å².